The quantitative estimate of drug-likeness (QED) is 0.597. The number of aromatic nitrogens is 2. The van der Waals surface area contributed by atoms with Crippen molar-refractivity contribution < 1.29 is 8.42 Å². The third-order valence-electron chi connectivity index (χ3n) is 4.36. The molecule has 28 heavy (non-hydrogen) atoms. The van der Waals surface area contributed by atoms with Crippen LogP contribution in [0.2, 0.25) is 0 Å². The van der Waals surface area contributed by atoms with Gasteiger partial charge in [-0.25, -0.2) is 18.4 Å². The monoisotopic (exact) mass is 416 g/mol. The average molecular weight is 417 g/mol. The van der Waals surface area contributed by atoms with E-state index in [9.17, 15) is 8.42 Å². The molecule has 1 aromatic carbocycles. The molecular formula is C20H24N4O2S2. The Bertz CT molecular complexity index is 1010. The Kier molecular flexibility index (Phi) is 6.31. The Morgan fingerprint density at radius 2 is 1.79 bits per heavy atom. The van der Waals surface area contributed by atoms with Crippen LogP contribution in [0, 0.1) is 0 Å². The minimum absolute atomic E-state index is 0.284. The van der Waals surface area contributed by atoms with E-state index in [0.29, 0.717) is 12.4 Å². The number of hydrogen-bond acceptors (Lipinski definition) is 7. The minimum atomic E-state index is -3.23. The zero-order valence-corrected chi connectivity index (χ0v) is 17.8. The molecular weight excluding hydrogens is 392 g/mol. The molecule has 2 aromatic heterocycles. The second-order valence-corrected chi connectivity index (χ2v) is 9.38. The average Bonchev–Trinajstić information content (AvgIpc) is 3.20. The molecule has 0 bridgehead atoms. The van der Waals surface area contributed by atoms with Crippen LogP contribution in [0.5, 0.6) is 0 Å². The number of anilines is 2. The fourth-order valence-corrected chi connectivity index (χ4v) is 4.08. The Labute approximate surface area is 170 Å². The van der Waals surface area contributed by atoms with E-state index in [2.05, 4.69) is 35.1 Å². The van der Waals surface area contributed by atoms with Gasteiger partial charge < -0.3 is 10.2 Å². The van der Waals surface area contributed by atoms with Gasteiger partial charge in [0.25, 0.3) is 0 Å². The molecule has 8 heteroatoms. The standard InChI is InChI=1S/C20H24N4O2S2/c1-4-24(5-2)19-13-18(21-14-16-7-6-12-27-16)22-20(23-19)15-8-10-17(11-9-15)28(3,25)26/h6-13H,4-5,14H2,1-3H3,(H,21,22,23). The van der Waals surface area contributed by atoms with Crippen LogP contribution >= 0.6 is 11.3 Å². The molecule has 0 fully saturated rings. The maximum atomic E-state index is 11.7. The summed E-state index contributed by atoms with van der Waals surface area (Å²) in [5.41, 5.74) is 0.778. The summed E-state index contributed by atoms with van der Waals surface area (Å²) in [6.45, 7) is 6.55. The van der Waals surface area contributed by atoms with Crippen molar-refractivity contribution in [2.45, 2.75) is 25.3 Å². The van der Waals surface area contributed by atoms with E-state index in [0.717, 1.165) is 30.3 Å². The first kappa shape index (κ1) is 20.3. The highest BCUT2D eigenvalue weighted by Gasteiger charge is 2.13. The molecule has 0 saturated carbocycles. The van der Waals surface area contributed by atoms with Gasteiger partial charge in [-0.2, -0.15) is 0 Å². The third kappa shape index (κ3) is 4.88. The Morgan fingerprint density at radius 1 is 1.07 bits per heavy atom. The third-order valence-corrected chi connectivity index (χ3v) is 6.37. The van der Waals surface area contributed by atoms with E-state index in [4.69, 9.17) is 4.98 Å². The molecule has 0 amide bonds. The van der Waals surface area contributed by atoms with E-state index in [1.165, 1.54) is 11.1 Å². The largest absolute Gasteiger partial charge is 0.365 e. The zero-order valence-electron chi connectivity index (χ0n) is 16.2. The van der Waals surface area contributed by atoms with Crippen molar-refractivity contribution in [3.05, 3.63) is 52.7 Å². The lowest BCUT2D eigenvalue weighted by Gasteiger charge is -2.21. The number of nitrogens with one attached hydrogen (secondary N) is 1. The number of benzene rings is 1. The van der Waals surface area contributed by atoms with Crippen molar-refractivity contribution in [2.75, 3.05) is 29.6 Å². The summed E-state index contributed by atoms with van der Waals surface area (Å²) in [7, 11) is -3.23. The summed E-state index contributed by atoms with van der Waals surface area (Å²) in [6.07, 6.45) is 1.20. The second-order valence-electron chi connectivity index (χ2n) is 6.34. The lowest BCUT2D eigenvalue weighted by molar-refractivity contribution is 0.602. The SMILES string of the molecule is CCN(CC)c1cc(NCc2cccs2)nc(-c2ccc(S(C)(=O)=O)cc2)n1. The Morgan fingerprint density at radius 3 is 2.36 bits per heavy atom. The highest BCUT2D eigenvalue weighted by molar-refractivity contribution is 7.90. The van der Waals surface area contributed by atoms with Crippen LogP contribution in [-0.2, 0) is 16.4 Å². The van der Waals surface area contributed by atoms with Gasteiger partial charge in [0.1, 0.15) is 11.6 Å². The fourth-order valence-electron chi connectivity index (χ4n) is 2.81. The van der Waals surface area contributed by atoms with Crippen LogP contribution < -0.4 is 10.2 Å². The maximum absolute atomic E-state index is 11.7. The smallest absolute Gasteiger partial charge is 0.175 e. The van der Waals surface area contributed by atoms with Gasteiger partial charge in [-0.1, -0.05) is 6.07 Å². The van der Waals surface area contributed by atoms with Gasteiger partial charge in [0.2, 0.25) is 0 Å². The number of hydrogen-bond donors (Lipinski definition) is 1. The van der Waals surface area contributed by atoms with Crippen molar-refractivity contribution in [3.8, 4) is 11.4 Å². The van der Waals surface area contributed by atoms with Crippen LogP contribution in [0.4, 0.5) is 11.6 Å². The van der Waals surface area contributed by atoms with Crippen molar-refractivity contribution >= 4 is 32.8 Å². The van der Waals surface area contributed by atoms with Gasteiger partial charge in [-0.3, -0.25) is 0 Å². The maximum Gasteiger partial charge on any atom is 0.175 e. The normalized spacial score (nSPS) is 11.4. The molecule has 0 aliphatic heterocycles. The molecule has 0 saturated heterocycles. The predicted octanol–water partition coefficient (Wildman–Crippen LogP) is 4.07. The summed E-state index contributed by atoms with van der Waals surface area (Å²) in [5, 5.41) is 5.42. The van der Waals surface area contributed by atoms with Crippen LogP contribution in [0.25, 0.3) is 11.4 Å². The predicted molar refractivity (Wildman–Crippen MR) is 116 cm³/mol. The second kappa shape index (κ2) is 8.70. The molecule has 1 N–H and O–H groups in total. The molecule has 6 nitrogen and oxygen atoms in total. The zero-order chi connectivity index (χ0) is 20.1. The van der Waals surface area contributed by atoms with Crippen molar-refractivity contribution in [1.29, 1.82) is 0 Å². The van der Waals surface area contributed by atoms with Crippen LogP contribution in [0.3, 0.4) is 0 Å². The van der Waals surface area contributed by atoms with Crippen molar-refractivity contribution in [2.24, 2.45) is 0 Å². The van der Waals surface area contributed by atoms with E-state index in [1.54, 1.807) is 35.6 Å². The lowest BCUT2D eigenvalue weighted by atomic mass is 10.2. The van der Waals surface area contributed by atoms with Gasteiger partial charge in [-0.05, 0) is 49.6 Å². The Balaban J connectivity index is 1.96. The van der Waals surface area contributed by atoms with Crippen LogP contribution in [-0.4, -0.2) is 37.7 Å². The number of nitrogens with zero attached hydrogens (tertiary/aromatic N) is 3. The first-order chi connectivity index (χ1) is 13.4. The topological polar surface area (TPSA) is 75.2 Å². The van der Waals surface area contributed by atoms with E-state index >= 15 is 0 Å². The molecule has 0 spiro atoms. The number of thiophene rings is 1. The Hall–Kier alpha value is -2.45. The summed E-state index contributed by atoms with van der Waals surface area (Å²) >= 11 is 1.69. The summed E-state index contributed by atoms with van der Waals surface area (Å²) in [4.78, 5) is 13.0. The lowest BCUT2D eigenvalue weighted by Crippen LogP contribution is -2.23. The van der Waals surface area contributed by atoms with Gasteiger partial charge in [0, 0.05) is 35.9 Å². The fraction of sp³-hybridized carbons (Fsp3) is 0.300. The molecule has 0 aliphatic carbocycles. The first-order valence-corrected chi connectivity index (χ1v) is 11.9. The molecule has 0 radical (unpaired) electrons. The summed E-state index contributed by atoms with van der Waals surface area (Å²) in [5.74, 6) is 2.15. The van der Waals surface area contributed by atoms with Crippen molar-refractivity contribution in [1.82, 2.24) is 9.97 Å². The highest BCUT2D eigenvalue weighted by Crippen LogP contribution is 2.24. The molecule has 2 heterocycles. The van der Waals surface area contributed by atoms with Crippen LogP contribution in [0.15, 0.2) is 52.7 Å². The summed E-state index contributed by atoms with van der Waals surface area (Å²) in [6, 6.07) is 12.7. The van der Waals surface area contributed by atoms with Crippen molar-refractivity contribution in [3.63, 3.8) is 0 Å². The molecule has 3 aromatic rings. The number of rotatable bonds is 8. The molecule has 148 valence electrons. The minimum Gasteiger partial charge on any atom is -0.365 e. The number of sulfone groups is 1. The van der Waals surface area contributed by atoms with E-state index in [1.807, 2.05) is 17.5 Å². The van der Waals surface area contributed by atoms with E-state index < -0.39 is 9.84 Å². The van der Waals surface area contributed by atoms with Gasteiger partial charge in [-0.15, -0.1) is 11.3 Å². The van der Waals surface area contributed by atoms with Gasteiger partial charge in [0.05, 0.1) is 11.4 Å². The van der Waals surface area contributed by atoms with Gasteiger partial charge in [0.15, 0.2) is 15.7 Å². The summed E-state index contributed by atoms with van der Waals surface area (Å²) < 4.78 is 23.4. The first-order valence-electron chi connectivity index (χ1n) is 9.11. The molecule has 3 rings (SSSR count). The molecule has 0 unspecified atom stereocenters. The molecule has 0 atom stereocenters. The van der Waals surface area contributed by atoms with Gasteiger partial charge >= 0.3 is 0 Å². The molecule has 0 aliphatic rings. The van der Waals surface area contributed by atoms with E-state index in [-0.39, 0.29) is 4.90 Å². The highest BCUT2D eigenvalue weighted by atomic mass is 32.2. The van der Waals surface area contributed by atoms with Crippen LogP contribution in [0.1, 0.15) is 18.7 Å².